The predicted octanol–water partition coefficient (Wildman–Crippen LogP) is 3.99. The van der Waals surface area contributed by atoms with Crippen molar-refractivity contribution in [3.05, 3.63) is 54.2 Å². The number of nitrogens with zero attached hydrogens (tertiary/aromatic N) is 2. The maximum Gasteiger partial charge on any atom is 0.338 e. The maximum atomic E-state index is 13.8. The average Bonchev–Trinajstić information content (AvgIpc) is 2.89. The van der Waals surface area contributed by atoms with Crippen LogP contribution in [0.1, 0.15) is 37.0 Å². The number of rotatable bonds is 9. The normalized spacial score (nSPS) is 14.7. The summed E-state index contributed by atoms with van der Waals surface area (Å²) in [7, 11) is -3.96. The zero-order valence-electron chi connectivity index (χ0n) is 20.4. The lowest BCUT2D eigenvalue weighted by atomic mass is 10.1. The molecule has 1 fully saturated rings. The fraction of sp³-hybridized carbons (Fsp3) is 0.385. The highest BCUT2D eigenvalue weighted by Crippen LogP contribution is 2.37. The van der Waals surface area contributed by atoms with Crippen LogP contribution < -0.4 is 9.64 Å². The fourth-order valence-electron chi connectivity index (χ4n) is 4.06. The molecule has 0 saturated carbocycles. The largest absolute Gasteiger partial charge is 0.616 e. The molecule has 1 saturated heterocycles. The van der Waals surface area contributed by atoms with E-state index in [0.717, 1.165) is 12.8 Å². The number of esters is 1. The Labute approximate surface area is 214 Å². The first-order chi connectivity index (χ1) is 17.3. The Morgan fingerprint density at radius 2 is 1.83 bits per heavy atom. The van der Waals surface area contributed by atoms with Crippen molar-refractivity contribution < 1.29 is 27.2 Å². The van der Waals surface area contributed by atoms with Gasteiger partial charge in [0.2, 0.25) is 9.84 Å². The third kappa shape index (κ3) is 5.61. The SMILES string of the molecule is CCCCOc1ccc(S(=O)(=O)c2cnc3ccc(C(=O)OCC)cc3c2N2CC[S+]([O-])CC2)cc1. The van der Waals surface area contributed by atoms with Crippen molar-refractivity contribution in [1.82, 2.24) is 4.98 Å². The molecule has 0 bridgehead atoms. The molecule has 2 aromatic carbocycles. The highest BCUT2D eigenvalue weighted by Gasteiger charge is 2.30. The standard InChI is InChI=1S/C26H30N2O6S2/c1-3-5-14-34-20-7-9-21(10-8-20)36(31,32)24-18-27-23-11-6-19(26(29)33-4-2)17-22(23)25(24)28-12-15-35(30)16-13-28/h6-11,17-18H,3-5,12-16H2,1-2H3. The molecule has 10 heteroatoms. The van der Waals surface area contributed by atoms with Gasteiger partial charge in [-0.15, -0.1) is 0 Å². The van der Waals surface area contributed by atoms with Gasteiger partial charge < -0.3 is 18.9 Å². The highest BCUT2D eigenvalue weighted by molar-refractivity contribution is 7.92. The van der Waals surface area contributed by atoms with Crippen LogP contribution in [0.3, 0.4) is 0 Å². The van der Waals surface area contributed by atoms with Gasteiger partial charge in [0.25, 0.3) is 0 Å². The molecule has 0 N–H and O–H groups in total. The van der Waals surface area contributed by atoms with Crippen LogP contribution in [0.25, 0.3) is 10.9 Å². The summed E-state index contributed by atoms with van der Waals surface area (Å²) in [5.41, 5.74) is 1.34. The second-order valence-electron chi connectivity index (χ2n) is 8.44. The summed E-state index contributed by atoms with van der Waals surface area (Å²) in [6.07, 6.45) is 3.29. The molecule has 8 nitrogen and oxygen atoms in total. The van der Waals surface area contributed by atoms with Gasteiger partial charge in [-0.1, -0.05) is 24.5 Å². The summed E-state index contributed by atoms with van der Waals surface area (Å²) in [4.78, 5) is 18.9. The van der Waals surface area contributed by atoms with E-state index in [1.165, 1.54) is 18.3 Å². The quantitative estimate of drug-likeness (QED) is 0.232. The molecule has 4 rings (SSSR count). The van der Waals surface area contributed by atoms with E-state index in [0.29, 0.717) is 59.1 Å². The van der Waals surface area contributed by atoms with Gasteiger partial charge in [-0.2, -0.15) is 0 Å². The molecule has 0 spiro atoms. The molecule has 0 aliphatic carbocycles. The lowest BCUT2D eigenvalue weighted by Crippen LogP contribution is -2.41. The van der Waals surface area contributed by atoms with E-state index in [1.54, 1.807) is 37.3 Å². The van der Waals surface area contributed by atoms with Gasteiger partial charge in [0.05, 0.1) is 48.0 Å². The predicted molar refractivity (Wildman–Crippen MR) is 140 cm³/mol. The van der Waals surface area contributed by atoms with Crippen LogP contribution in [0.15, 0.2) is 58.5 Å². The Morgan fingerprint density at radius 3 is 2.50 bits per heavy atom. The minimum Gasteiger partial charge on any atom is -0.616 e. The Kier molecular flexibility index (Phi) is 8.38. The van der Waals surface area contributed by atoms with Crippen LogP contribution in [-0.4, -0.2) is 61.7 Å². The molecule has 0 atom stereocenters. The highest BCUT2D eigenvalue weighted by atomic mass is 32.2. The van der Waals surface area contributed by atoms with Crippen LogP contribution in [-0.2, 0) is 25.7 Å². The number of unbranched alkanes of at least 4 members (excludes halogenated alkanes) is 1. The number of hydrogen-bond acceptors (Lipinski definition) is 8. The van der Waals surface area contributed by atoms with Crippen LogP contribution in [0.4, 0.5) is 5.69 Å². The van der Waals surface area contributed by atoms with Crippen molar-refractivity contribution in [1.29, 1.82) is 0 Å². The molecular weight excluding hydrogens is 500 g/mol. The third-order valence-corrected chi connectivity index (χ3v) is 9.05. The molecule has 36 heavy (non-hydrogen) atoms. The Morgan fingerprint density at radius 1 is 1.11 bits per heavy atom. The number of benzene rings is 2. The smallest absolute Gasteiger partial charge is 0.338 e. The van der Waals surface area contributed by atoms with E-state index < -0.39 is 27.0 Å². The summed E-state index contributed by atoms with van der Waals surface area (Å²) < 4.78 is 50.5. The molecule has 0 radical (unpaired) electrons. The molecule has 0 unspecified atom stereocenters. The van der Waals surface area contributed by atoms with E-state index in [2.05, 4.69) is 11.9 Å². The number of pyridine rings is 1. The number of anilines is 1. The molecule has 1 aromatic heterocycles. The number of sulfone groups is 1. The lowest BCUT2D eigenvalue weighted by molar-refractivity contribution is 0.0526. The number of carbonyl (C=O) groups is 1. The minimum absolute atomic E-state index is 0.0448. The van der Waals surface area contributed by atoms with Crippen molar-refractivity contribution in [2.24, 2.45) is 0 Å². The Bertz CT molecular complexity index is 1320. The van der Waals surface area contributed by atoms with Crippen LogP contribution in [0.2, 0.25) is 0 Å². The average molecular weight is 531 g/mol. The van der Waals surface area contributed by atoms with Crippen LogP contribution in [0, 0.1) is 0 Å². The van der Waals surface area contributed by atoms with Gasteiger partial charge in [-0.25, -0.2) is 13.2 Å². The van der Waals surface area contributed by atoms with Gasteiger partial charge in [-0.3, -0.25) is 4.98 Å². The van der Waals surface area contributed by atoms with Gasteiger partial charge in [0.1, 0.15) is 22.2 Å². The third-order valence-electron chi connectivity index (χ3n) is 6.00. The van der Waals surface area contributed by atoms with E-state index >= 15 is 0 Å². The summed E-state index contributed by atoms with van der Waals surface area (Å²) in [5.74, 6) is 0.990. The Balaban J connectivity index is 1.81. The zero-order chi connectivity index (χ0) is 25.7. The number of ether oxygens (including phenoxy) is 2. The monoisotopic (exact) mass is 530 g/mol. The van der Waals surface area contributed by atoms with Gasteiger partial charge >= 0.3 is 5.97 Å². The molecule has 0 amide bonds. The maximum absolute atomic E-state index is 13.8. The second kappa shape index (κ2) is 11.5. The lowest BCUT2D eigenvalue weighted by Gasteiger charge is -2.32. The first-order valence-corrected chi connectivity index (χ1v) is 15.0. The summed E-state index contributed by atoms with van der Waals surface area (Å²) in [5, 5.41) is 0.536. The topological polar surface area (TPSA) is 109 Å². The van der Waals surface area contributed by atoms with E-state index in [-0.39, 0.29) is 16.4 Å². The van der Waals surface area contributed by atoms with Crippen molar-refractivity contribution in [3.63, 3.8) is 0 Å². The van der Waals surface area contributed by atoms with Gasteiger partial charge in [0, 0.05) is 11.6 Å². The van der Waals surface area contributed by atoms with Crippen molar-refractivity contribution >= 4 is 43.6 Å². The first-order valence-electron chi connectivity index (χ1n) is 12.0. The molecule has 1 aliphatic rings. The fourth-order valence-corrected chi connectivity index (χ4v) is 6.55. The summed E-state index contributed by atoms with van der Waals surface area (Å²) in [6, 6.07) is 11.3. The van der Waals surface area contributed by atoms with Gasteiger partial charge in [-0.05, 0) is 55.8 Å². The number of carbonyl (C=O) groups excluding carboxylic acids is 1. The summed E-state index contributed by atoms with van der Waals surface area (Å²) in [6.45, 7) is 5.46. The number of hydrogen-bond donors (Lipinski definition) is 0. The van der Waals surface area contributed by atoms with Gasteiger partial charge in [0.15, 0.2) is 0 Å². The minimum atomic E-state index is -3.96. The summed E-state index contributed by atoms with van der Waals surface area (Å²) >= 11 is -0.948. The molecule has 192 valence electrons. The molecule has 1 aliphatic heterocycles. The number of aromatic nitrogens is 1. The molecular formula is C26H30N2O6S2. The van der Waals surface area contributed by atoms with E-state index in [1.807, 2.05) is 4.90 Å². The first kappa shape index (κ1) is 26.2. The van der Waals surface area contributed by atoms with E-state index in [4.69, 9.17) is 9.47 Å². The Hall–Kier alpha value is -2.82. The van der Waals surface area contributed by atoms with Crippen molar-refractivity contribution in [2.75, 3.05) is 42.7 Å². The second-order valence-corrected chi connectivity index (χ2v) is 12.0. The van der Waals surface area contributed by atoms with Crippen molar-refractivity contribution in [2.45, 2.75) is 36.5 Å². The molecule has 2 heterocycles. The zero-order valence-corrected chi connectivity index (χ0v) is 22.1. The van der Waals surface area contributed by atoms with Crippen molar-refractivity contribution in [3.8, 4) is 5.75 Å². The van der Waals surface area contributed by atoms with Crippen LogP contribution in [0.5, 0.6) is 5.75 Å². The molecule has 3 aromatic rings. The number of fused-ring (bicyclic) bond motifs is 1. The van der Waals surface area contributed by atoms with E-state index in [9.17, 15) is 17.8 Å². The van der Waals surface area contributed by atoms with Crippen LogP contribution >= 0.6 is 0 Å².